The van der Waals surface area contributed by atoms with Gasteiger partial charge in [0.2, 0.25) is 11.8 Å². The van der Waals surface area contributed by atoms with Gasteiger partial charge in [0, 0.05) is 11.7 Å². The number of thioether (sulfide) groups is 1. The van der Waals surface area contributed by atoms with Crippen molar-refractivity contribution in [3.63, 3.8) is 0 Å². The number of carbonyl (C=O) groups excluding carboxylic acids is 2. The lowest BCUT2D eigenvalue weighted by atomic mass is 9.83. The molecule has 6 heteroatoms. The highest BCUT2D eigenvalue weighted by Gasteiger charge is 2.38. The smallest absolute Gasteiger partial charge is 0.237 e. The van der Waals surface area contributed by atoms with Crippen molar-refractivity contribution < 1.29 is 9.59 Å². The number of anilines is 1. The first-order chi connectivity index (χ1) is 11.1. The van der Waals surface area contributed by atoms with Crippen molar-refractivity contribution in [3.8, 4) is 0 Å². The number of fused-ring (bicyclic) bond motifs is 1. The molecule has 1 aromatic rings. The maximum Gasteiger partial charge on any atom is 0.237 e. The predicted octanol–water partition coefficient (Wildman–Crippen LogP) is 2.31. The number of carbonyl (C=O) groups is 2. The predicted molar refractivity (Wildman–Crippen MR) is 92.9 cm³/mol. The first-order valence-electron chi connectivity index (χ1n) is 8.21. The van der Waals surface area contributed by atoms with E-state index in [0.717, 1.165) is 24.9 Å². The Morgan fingerprint density at radius 1 is 1.26 bits per heavy atom. The summed E-state index contributed by atoms with van der Waals surface area (Å²) in [7, 11) is 0. The summed E-state index contributed by atoms with van der Waals surface area (Å²) < 4.78 is 0. The van der Waals surface area contributed by atoms with Crippen LogP contribution in [0.25, 0.3) is 0 Å². The Balaban J connectivity index is 1.54. The van der Waals surface area contributed by atoms with Gasteiger partial charge in [0.1, 0.15) is 5.50 Å². The molecule has 0 bridgehead atoms. The third-order valence-corrected chi connectivity index (χ3v) is 5.64. The van der Waals surface area contributed by atoms with Crippen LogP contribution in [-0.4, -0.2) is 28.6 Å². The van der Waals surface area contributed by atoms with Gasteiger partial charge in [-0.3, -0.25) is 14.9 Å². The topological polar surface area (TPSA) is 70.2 Å². The van der Waals surface area contributed by atoms with Crippen LogP contribution in [0.5, 0.6) is 0 Å². The number of nitrogens with one attached hydrogen (secondary N) is 3. The Bertz CT molecular complexity index is 566. The van der Waals surface area contributed by atoms with E-state index in [0.29, 0.717) is 0 Å². The van der Waals surface area contributed by atoms with Crippen molar-refractivity contribution in [1.82, 2.24) is 10.6 Å². The Morgan fingerprint density at radius 2 is 2.00 bits per heavy atom. The minimum atomic E-state index is -0.256. The van der Waals surface area contributed by atoms with E-state index < -0.39 is 0 Å². The van der Waals surface area contributed by atoms with Crippen LogP contribution in [0, 0.1) is 5.92 Å². The molecule has 1 heterocycles. The standard InChI is InChI=1S/C17H23N3O2S/c1-11(15(21)18-12-7-3-2-4-8-12)23-17-19-14-10-6-5-9-13(14)16(22)20-17/h2-4,7-8,11,13-14,17,19H,5-6,9-10H2,1H3,(H,18,21)(H,20,22). The fourth-order valence-electron chi connectivity index (χ4n) is 3.22. The van der Waals surface area contributed by atoms with Crippen LogP contribution in [-0.2, 0) is 9.59 Å². The van der Waals surface area contributed by atoms with Gasteiger partial charge in [-0.15, -0.1) is 11.8 Å². The van der Waals surface area contributed by atoms with Gasteiger partial charge in [-0.25, -0.2) is 0 Å². The van der Waals surface area contributed by atoms with Crippen LogP contribution in [0.1, 0.15) is 32.6 Å². The zero-order valence-corrected chi connectivity index (χ0v) is 14.1. The SMILES string of the molecule is CC(SC1NC(=O)C2CCCCC2N1)C(=O)Nc1ccccc1. The Hall–Kier alpha value is -1.53. The molecule has 124 valence electrons. The van der Waals surface area contributed by atoms with Crippen LogP contribution >= 0.6 is 11.8 Å². The molecular formula is C17H23N3O2S. The van der Waals surface area contributed by atoms with Crippen LogP contribution in [0.15, 0.2) is 30.3 Å². The van der Waals surface area contributed by atoms with Crippen molar-refractivity contribution >= 4 is 29.3 Å². The molecular weight excluding hydrogens is 310 g/mol. The van der Waals surface area contributed by atoms with Gasteiger partial charge < -0.3 is 10.6 Å². The molecule has 1 saturated heterocycles. The van der Waals surface area contributed by atoms with E-state index in [4.69, 9.17) is 0 Å². The lowest BCUT2D eigenvalue weighted by molar-refractivity contribution is -0.129. The number of hydrogen-bond donors (Lipinski definition) is 3. The highest BCUT2D eigenvalue weighted by molar-refractivity contribution is 8.01. The first-order valence-corrected chi connectivity index (χ1v) is 9.15. The fraction of sp³-hybridized carbons (Fsp3) is 0.529. The number of rotatable bonds is 4. The van der Waals surface area contributed by atoms with Gasteiger partial charge in [-0.05, 0) is 31.9 Å². The van der Waals surface area contributed by atoms with E-state index in [2.05, 4.69) is 16.0 Å². The molecule has 1 saturated carbocycles. The summed E-state index contributed by atoms with van der Waals surface area (Å²) in [6.45, 7) is 1.86. The summed E-state index contributed by atoms with van der Waals surface area (Å²) >= 11 is 1.45. The largest absolute Gasteiger partial charge is 0.331 e. The van der Waals surface area contributed by atoms with E-state index in [1.807, 2.05) is 37.3 Å². The molecule has 4 atom stereocenters. The van der Waals surface area contributed by atoms with E-state index in [-0.39, 0.29) is 34.5 Å². The second kappa shape index (κ2) is 7.36. The van der Waals surface area contributed by atoms with Gasteiger partial charge >= 0.3 is 0 Å². The lowest BCUT2D eigenvalue weighted by Crippen LogP contribution is -2.61. The zero-order valence-electron chi connectivity index (χ0n) is 13.2. The van der Waals surface area contributed by atoms with Crippen LogP contribution in [0.4, 0.5) is 5.69 Å². The molecule has 0 aromatic heterocycles. The van der Waals surface area contributed by atoms with Crippen molar-refractivity contribution in [2.45, 2.75) is 49.4 Å². The maximum absolute atomic E-state index is 12.3. The van der Waals surface area contributed by atoms with Gasteiger partial charge in [0.05, 0.1) is 11.2 Å². The summed E-state index contributed by atoms with van der Waals surface area (Å²) in [5.41, 5.74) is 0.594. The van der Waals surface area contributed by atoms with E-state index in [9.17, 15) is 9.59 Å². The summed E-state index contributed by atoms with van der Waals surface area (Å²) in [6, 6.07) is 9.67. The van der Waals surface area contributed by atoms with Gasteiger partial charge in [0.25, 0.3) is 0 Å². The minimum absolute atomic E-state index is 0.0528. The highest BCUT2D eigenvalue weighted by atomic mass is 32.2. The normalized spacial score (nSPS) is 28.4. The molecule has 23 heavy (non-hydrogen) atoms. The average molecular weight is 333 g/mol. The zero-order chi connectivity index (χ0) is 16.2. The van der Waals surface area contributed by atoms with Gasteiger partial charge in [-0.2, -0.15) is 0 Å². The first kappa shape index (κ1) is 16.3. The molecule has 2 aliphatic rings. The Morgan fingerprint density at radius 3 is 2.78 bits per heavy atom. The molecule has 0 radical (unpaired) electrons. The minimum Gasteiger partial charge on any atom is -0.331 e. The van der Waals surface area contributed by atoms with Gasteiger partial charge in [-0.1, -0.05) is 31.0 Å². The van der Waals surface area contributed by atoms with E-state index in [1.54, 1.807) is 0 Å². The average Bonchev–Trinajstić information content (AvgIpc) is 2.56. The maximum atomic E-state index is 12.3. The second-order valence-corrected chi connectivity index (χ2v) is 7.64. The lowest BCUT2D eigenvalue weighted by Gasteiger charge is -2.40. The summed E-state index contributed by atoms with van der Waals surface area (Å²) in [4.78, 5) is 24.5. The molecule has 3 N–H and O–H groups in total. The Labute approximate surface area is 141 Å². The van der Waals surface area contributed by atoms with Crippen molar-refractivity contribution in [1.29, 1.82) is 0 Å². The molecule has 5 nitrogen and oxygen atoms in total. The third kappa shape index (κ3) is 4.06. The quantitative estimate of drug-likeness (QED) is 0.791. The monoisotopic (exact) mass is 333 g/mol. The summed E-state index contributed by atoms with van der Waals surface area (Å²) in [5, 5.41) is 9.13. The molecule has 2 amide bonds. The van der Waals surface area contributed by atoms with E-state index >= 15 is 0 Å². The van der Waals surface area contributed by atoms with Gasteiger partial charge in [0.15, 0.2) is 0 Å². The number of benzene rings is 1. The fourth-order valence-corrected chi connectivity index (χ4v) is 4.25. The highest BCUT2D eigenvalue weighted by Crippen LogP contribution is 2.30. The number of hydrogen-bond acceptors (Lipinski definition) is 4. The summed E-state index contributed by atoms with van der Waals surface area (Å²) in [6.07, 6.45) is 4.30. The molecule has 1 aliphatic heterocycles. The van der Waals surface area contributed by atoms with E-state index in [1.165, 1.54) is 18.2 Å². The molecule has 4 unspecified atom stereocenters. The van der Waals surface area contributed by atoms with Crippen molar-refractivity contribution in [3.05, 3.63) is 30.3 Å². The van der Waals surface area contributed by atoms with Crippen LogP contribution in [0.3, 0.4) is 0 Å². The summed E-state index contributed by atoms with van der Waals surface area (Å²) in [5.74, 6) is 0.165. The molecule has 3 rings (SSSR count). The number of amides is 2. The molecule has 1 aliphatic carbocycles. The Kier molecular flexibility index (Phi) is 5.23. The molecule has 2 fully saturated rings. The van der Waals surface area contributed by atoms with Crippen molar-refractivity contribution in [2.75, 3.05) is 5.32 Å². The van der Waals surface area contributed by atoms with Crippen molar-refractivity contribution in [2.24, 2.45) is 5.92 Å². The number of para-hydroxylation sites is 1. The third-order valence-electron chi connectivity index (χ3n) is 4.49. The second-order valence-electron chi connectivity index (χ2n) is 6.19. The molecule has 0 spiro atoms. The van der Waals surface area contributed by atoms with Crippen LogP contribution < -0.4 is 16.0 Å². The van der Waals surface area contributed by atoms with Crippen LogP contribution in [0.2, 0.25) is 0 Å². The molecule has 1 aromatic carbocycles.